The van der Waals surface area contributed by atoms with Crippen molar-refractivity contribution in [3.63, 3.8) is 0 Å². The minimum atomic E-state index is -0.795. The van der Waals surface area contributed by atoms with Gasteiger partial charge in [-0.25, -0.2) is 8.78 Å². The van der Waals surface area contributed by atoms with Crippen molar-refractivity contribution in [2.75, 3.05) is 0 Å². The van der Waals surface area contributed by atoms with Gasteiger partial charge in [0.2, 0.25) is 0 Å². The number of hydrogen-bond donors (Lipinski definition) is 2. The lowest BCUT2D eigenvalue weighted by molar-refractivity contribution is 0.318. The van der Waals surface area contributed by atoms with Crippen molar-refractivity contribution >= 4 is 29.2 Å². The van der Waals surface area contributed by atoms with Crippen molar-refractivity contribution in [2.24, 2.45) is 10.9 Å². The number of amidine groups is 1. The second kappa shape index (κ2) is 6.11. The summed E-state index contributed by atoms with van der Waals surface area (Å²) in [6, 6.07) is 8.65. The Morgan fingerprint density at radius 2 is 1.85 bits per heavy atom. The maximum absolute atomic E-state index is 13.9. The molecular formula is C13H9ClF2N2OS. The number of oxime groups is 1. The van der Waals surface area contributed by atoms with E-state index in [9.17, 15) is 8.78 Å². The Bertz CT molecular complexity index is 656. The monoisotopic (exact) mass is 314 g/mol. The molecule has 2 rings (SSSR count). The lowest BCUT2D eigenvalue weighted by atomic mass is 10.2. The summed E-state index contributed by atoms with van der Waals surface area (Å²) in [5.41, 5.74) is 5.27. The molecule has 0 aromatic heterocycles. The smallest absolute Gasteiger partial charge is 0.170 e. The Hall–Kier alpha value is -1.79. The summed E-state index contributed by atoms with van der Waals surface area (Å²) in [7, 11) is 0. The third kappa shape index (κ3) is 3.20. The molecule has 0 unspecified atom stereocenters. The van der Waals surface area contributed by atoms with Crippen molar-refractivity contribution in [1.29, 1.82) is 0 Å². The van der Waals surface area contributed by atoms with Crippen LogP contribution in [0.2, 0.25) is 5.02 Å². The zero-order valence-corrected chi connectivity index (χ0v) is 11.6. The molecule has 0 amide bonds. The zero-order chi connectivity index (χ0) is 14.7. The first-order valence-electron chi connectivity index (χ1n) is 5.41. The third-order valence-corrected chi connectivity index (χ3v) is 3.74. The molecule has 0 aliphatic rings. The second-order valence-corrected chi connectivity index (χ2v) is 5.33. The van der Waals surface area contributed by atoms with E-state index in [0.717, 1.165) is 23.9 Å². The standard InChI is InChI=1S/C13H9ClF2N2OS/c14-8-2-1-3-9(6-8)20-12-10(15)4-7(5-11(12)16)13(17)18-19/h1-6,19H,(H2,17,18). The van der Waals surface area contributed by atoms with Gasteiger partial charge in [0.15, 0.2) is 5.84 Å². The highest BCUT2D eigenvalue weighted by Gasteiger charge is 2.14. The van der Waals surface area contributed by atoms with Gasteiger partial charge in [0.05, 0.1) is 4.90 Å². The Labute approximate surface area is 123 Å². The van der Waals surface area contributed by atoms with Crippen molar-refractivity contribution < 1.29 is 14.0 Å². The number of nitrogens with two attached hydrogens (primary N) is 1. The third-order valence-electron chi connectivity index (χ3n) is 2.42. The Morgan fingerprint density at radius 1 is 1.20 bits per heavy atom. The topological polar surface area (TPSA) is 58.6 Å². The van der Waals surface area contributed by atoms with Gasteiger partial charge in [-0.05, 0) is 30.3 Å². The molecule has 104 valence electrons. The molecule has 0 saturated carbocycles. The number of nitrogens with zero attached hydrogens (tertiary/aromatic N) is 1. The van der Waals surface area contributed by atoms with Crippen LogP contribution in [0.5, 0.6) is 0 Å². The molecule has 0 spiro atoms. The summed E-state index contributed by atoms with van der Waals surface area (Å²) in [6.45, 7) is 0. The van der Waals surface area contributed by atoms with Gasteiger partial charge in [-0.1, -0.05) is 34.6 Å². The molecule has 0 radical (unpaired) electrons. The van der Waals surface area contributed by atoms with Gasteiger partial charge in [0, 0.05) is 15.5 Å². The van der Waals surface area contributed by atoms with Crippen LogP contribution in [0.25, 0.3) is 0 Å². The van der Waals surface area contributed by atoms with Gasteiger partial charge in [-0.2, -0.15) is 0 Å². The molecule has 0 aliphatic carbocycles. The van der Waals surface area contributed by atoms with E-state index in [1.54, 1.807) is 24.3 Å². The van der Waals surface area contributed by atoms with Crippen LogP contribution in [0.4, 0.5) is 8.78 Å². The van der Waals surface area contributed by atoms with Crippen molar-refractivity contribution in [3.8, 4) is 0 Å². The molecule has 0 bridgehead atoms. The van der Waals surface area contributed by atoms with E-state index in [4.69, 9.17) is 22.5 Å². The minimum Gasteiger partial charge on any atom is -0.409 e. The highest BCUT2D eigenvalue weighted by atomic mass is 35.5. The van der Waals surface area contributed by atoms with Crippen LogP contribution in [0.1, 0.15) is 5.56 Å². The average molecular weight is 315 g/mol. The van der Waals surface area contributed by atoms with Crippen LogP contribution < -0.4 is 5.73 Å². The summed E-state index contributed by atoms with van der Waals surface area (Å²) in [5.74, 6) is -1.95. The van der Waals surface area contributed by atoms with Gasteiger partial charge in [0.1, 0.15) is 11.6 Å². The Morgan fingerprint density at radius 3 is 2.40 bits per heavy atom. The molecule has 3 N–H and O–H groups in total. The lowest BCUT2D eigenvalue weighted by Crippen LogP contribution is -2.14. The molecule has 3 nitrogen and oxygen atoms in total. The predicted molar refractivity (Wildman–Crippen MR) is 74.4 cm³/mol. The first-order chi connectivity index (χ1) is 9.51. The quantitative estimate of drug-likeness (QED) is 0.391. The molecule has 0 aliphatic heterocycles. The fourth-order valence-electron chi connectivity index (χ4n) is 1.51. The van der Waals surface area contributed by atoms with Gasteiger partial charge < -0.3 is 10.9 Å². The van der Waals surface area contributed by atoms with Gasteiger partial charge in [-0.15, -0.1) is 0 Å². The fraction of sp³-hybridized carbons (Fsp3) is 0. The largest absolute Gasteiger partial charge is 0.409 e. The highest BCUT2D eigenvalue weighted by molar-refractivity contribution is 7.99. The number of rotatable bonds is 3. The molecule has 0 heterocycles. The molecule has 2 aromatic carbocycles. The van der Waals surface area contributed by atoms with Crippen LogP contribution in [0, 0.1) is 11.6 Å². The van der Waals surface area contributed by atoms with Crippen LogP contribution >= 0.6 is 23.4 Å². The summed E-state index contributed by atoms with van der Waals surface area (Å²) in [6.07, 6.45) is 0. The summed E-state index contributed by atoms with van der Waals surface area (Å²) < 4.78 is 27.8. The molecular weight excluding hydrogens is 306 g/mol. The van der Waals surface area contributed by atoms with Crippen LogP contribution in [0.15, 0.2) is 51.3 Å². The van der Waals surface area contributed by atoms with E-state index in [-0.39, 0.29) is 16.3 Å². The van der Waals surface area contributed by atoms with Crippen LogP contribution in [-0.2, 0) is 0 Å². The van der Waals surface area contributed by atoms with E-state index in [1.165, 1.54) is 0 Å². The van der Waals surface area contributed by atoms with Crippen molar-refractivity contribution in [1.82, 2.24) is 0 Å². The number of hydrogen-bond acceptors (Lipinski definition) is 3. The van der Waals surface area contributed by atoms with E-state index in [2.05, 4.69) is 5.16 Å². The van der Waals surface area contributed by atoms with Crippen molar-refractivity contribution in [2.45, 2.75) is 9.79 Å². The molecule has 2 aromatic rings. The fourth-order valence-corrected chi connectivity index (χ4v) is 2.65. The molecule has 0 atom stereocenters. The first-order valence-corrected chi connectivity index (χ1v) is 6.61. The molecule has 0 saturated heterocycles. The summed E-state index contributed by atoms with van der Waals surface area (Å²) >= 11 is 6.72. The SMILES string of the molecule is N/C(=N/O)c1cc(F)c(Sc2cccc(Cl)c2)c(F)c1. The van der Waals surface area contributed by atoms with Gasteiger partial charge in [0.25, 0.3) is 0 Å². The van der Waals surface area contributed by atoms with Crippen LogP contribution in [-0.4, -0.2) is 11.0 Å². The number of benzene rings is 2. The molecule has 20 heavy (non-hydrogen) atoms. The average Bonchev–Trinajstić information content (AvgIpc) is 2.42. The molecule has 7 heteroatoms. The van der Waals surface area contributed by atoms with E-state index < -0.39 is 11.6 Å². The first kappa shape index (κ1) is 14.6. The Kier molecular flexibility index (Phi) is 4.46. The Balaban J connectivity index is 2.38. The second-order valence-electron chi connectivity index (χ2n) is 3.81. The van der Waals surface area contributed by atoms with E-state index >= 15 is 0 Å². The normalized spacial score (nSPS) is 11.7. The number of halogens is 3. The van der Waals surface area contributed by atoms with E-state index in [1.807, 2.05) is 0 Å². The van der Waals surface area contributed by atoms with Gasteiger partial charge >= 0.3 is 0 Å². The van der Waals surface area contributed by atoms with Gasteiger partial charge in [-0.3, -0.25) is 0 Å². The maximum atomic E-state index is 13.9. The van der Waals surface area contributed by atoms with Crippen LogP contribution in [0.3, 0.4) is 0 Å². The summed E-state index contributed by atoms with van der Waals surface area (Å²) in [4.78, 5) is 0.425. The lowest BCUT2D eigenvalue weighted by Gasteiger charge is -2.07. The van der Waals surface area contributed by atoms with E-state index in [0.29, 0.717) is 9.92 Å². The zero-order valence-electron chi connectivity index (χ0n) is 9.98. The maximum Gasteiger partial charge on any atom is 0.170 e. The highest BCUT2D eigenvalue weighted by Crippen LogP contribution is 2.33. The molecule has 0 fully saturated rings. The predicted octanol–water partition coefficient (Wildman–Crippen LogP) is 3.86. The summed E-state index contributed by atoms with van der Waals surface area (Å²) in [5, 5.41) is 11.7. The van der Waals surface area contributed by atoms with Crippen molar-refractivity contribution in [3.05, 3.63) is 58.6 Å². The minimum absolute atomic E-state index is 0.0297.